The minimum absolute atomic E-state index is 0.0461. The summed E-state index contributed by atoms with van der Waals surface area (Å²) < 4.78 is 5.75. The number of rotatable bonds is 5. The van der Waals surface area contributed by atoms with Gasteiger partial charge in [0.05, 0.1) is 17.4 Å². The van der Waals surface area contributed by atoms with Crippen LogP contribution >= 0.6 is 0 Å². The zero-order chi connectivity index (χ0) is 25.1. The SMILES string of the molecule is CC(=O)N1c2ccc(-c3cccc(-c4ccccc4)c3)cc2N(C(=O)COc2ccccc2)CC1C. The maximum absolute atomic E-state index is 13.3. The molecule has 0 radical (unpaired) electrons. The number of benzene rings is 4. The second-order valence-corrected chi connectivity index (χ2v) is 8.99. The number of hydrogen-bond acceptors (Lipinski definition) is 3. The first-order valence-corrected chi connectivity index (χ1v) is 12.1. The molecule has 2 amide bonds. The molecule has 0 spiro atoms. The topological polar surface area (TPSA) is 49.9 Å². The molecule has 0 saturated carbocycles. The number of carbonyl (C=O) groups excluding carboxylic acids is 2. The van der Waals surface area contributed by atoms with Gasteiger partial charge in [0.1, 0.15) is 5.75 Å². The van der Waals surface area contributed by atoms with Crippen LogP contribution in [-0.2, 0) is 9.59 Å². The number of nitrogens with zero attached hydrogens (tertiary/aromatic N) is 2. The molecule has 4 aromatic carbocycles. The number of ether oxygens (including phenoxy) is 1. The third-order valence-electron chi connectivity index (χ3n) is 6.46. The molecule has 1 aliphatic rings. The van der Waals surface area contributed by atoms with E-state index in [-0.39, 0.29) is 24.5 Å². The zero-order valence-corrected chi connectivity index (χ0v) is 20.4. The second-order valence-electron chi connectivity index (χ2n) is 8.99. The second kappa shape index (κ2) is 10.1. The van der Waals surface area contributed by atoms with E-state index in [1.54, 1.807) is 16.7 Å². The smallest absolute Gasteiger partial charge is 0.265 e. The maximum atomic E-state index is 13.3. The van der Waals surface area contributed by atoms with Gasteiger partial charge in [-0.3, -0.25) is 9.59 Å². The van der Waals surface area contributed by atoms with E-state index in [1.165, 1.54) is 0 Å². The van der Waals surface area contributed by atoms with Crippen molar-refractivity contribution in [3.05, 3.63) is 103 Å². The molecular formula is C31H28N2O3. The van der Waals surface area contributed by atoms with Gasteiger partial charge in [0.15, 0.2) is 6.61 Å². The Morgan fingerprint density at radius 3 is 2.06 bits per heavy atom. The van der Waals surface area contributed by atoms with E-state index in [0.717, 1.165) is 27.9 Å². The van der Waals surface area contributed by atoms with E-state index in [9.17, 15) is 9.59 Å². The predicted molar refractivity (Wildman–Crippen MR) is 144 cm³/mol. The maximum Gasteiger partial charge on any atom is 0.265 e. The Bertz CT molecular complexity index is 1390. The molecular weight excluding hydrogens is 448 g/mol. The molecule has 5 rings (SSSR count). The van der Waals surface area contributed by atoms with Gasteiger partial charge in [-0.15, -0.1) is 0 Å². The van der Waals surface area contributed by atoms with Crippen LogP contribution in [0.25, 0.3) is 22.3 Å². The number of fused-ring (bicyclic) bond motifs is 1. The van der Waals surface area contributed by atoms with Crippen molar-refractivity contribution in [2.24, 2.45) is 0 Å². The van der Waals surface area contributed by atoms with Crippen LogP contribution in [-0.4, -0.2) is 31.0 Å². The highest BCUT2D eigenvalue weighted by atomic mass is 16.5. The average Bonchev–Trinajstić information content (AvgIpc) is 2.92. The third-order valence-corrected chi connectivity index (χ3v) is 6.46. The van der Waals surface area contributed by atoms with Crippen LogP contribution in [0.5, 0.6) is 5.75 Å². The fraction of sp³-hybridized carbons (Fsp3) is 0.161. The highest BCUT2D eigenvalue weighted by Gasteiger charge is 2.34. The summed E-state index contributed by atoms with van der Waals surface area (Å²) in [6.45, 7) is 3.84. The summed E-state index contributed by atoms with van der Waals surface area (Å²) in [4.78, 5) is 29.4. The van der Waals surface area contributed by atoms with Crippen LogP contribution in [0.1, 0.15) is 13.8 Å². The van der Waals surface area contributed by atoms with Gasteiger partial charge in [0, 0.05) is 13.5 Å². The van der Waals surface area contributed by atoms with Crippen molar-refractivity contribution in [1.82, 2.24) is 0 Å². The van der Waals surface area contributed by atoms with Crippen LogP contribution in [0.3, 0.4) is 0 Å². The van der Waals surface area contributed by atoms with Crippen molar-refractivity contribution in [3.8, 4) is 28.0 Å². The molecule has 4 aromatic rings. The van der Waals surface area contributed by atoms with Gasteiger partial charge in [-0.25, -0.2) is 0 Å². The number of anilines is 2. The van der Waals surface area contributed by atoms with Gasteiger partial charge in [-0.2, -0.15) is 0 Å². The molecule has 0 aromatic heterocycles. The van der Waals surface area contributed by atoms with Crippen molar-refractivity contribution >= 4 is 23.2 Å². The molecule has 0 N–H and O–H groups in total. The molecule has 5 heteroatoms. The van der Waals surface area contributed by atoms with Crippen LogP contribution < -0.4 is 14.5 Å². The first-order chi connectivity index (χ1) is 17.5. The number of amides is 2. The third kappa shape index (κ3) is 4.73. The van der Waals surface area contributed by atoms with Crippen molar-refractivity contribution < 1.29 is 14.3 Å². The van der Waals surface area contributed by atoms with Gasteiger partial charge < -0.3 is 14.5 Å². The lowest BCUT2D eigenvalue weighted by atomic mass is 9.97. The highest BCUT2D eigenvalue weighted by molar-refractivity contribution is 6.05. The summed E-state index contributed by atoms with van der Waals surface area (Å²) in [5.41, 5.74) is 5.73. The Kier molecular flexibility index (Phi) is 6.54. The summed E-state index contributed by atoms with van der Waals surface area (Å²) >= 11 is 0. The molecule has 1 unspecified atom stereocenters. The molecule has 0 fully saturated rings. The summed E-state index contributed by atoms with van der Waals surface area (Å²) in [6, 6.07) is 33.7. The Morgan fingerprint density at radius 1 is 0.750 bits per heavy atom. The van der Waals surface area contributed by atoms with Gasteiger partial charge in [0.25, 0.3) is 5.91 Å². The lowest BCUT2D eigenvalue weighted by molar-refractivity contribution is -0.121. The summed E-state index contributed by atoms with van der Waals surface area (Å²) in [5, 5.41) is 0. The minimum atomic E-state index is -0.150. The fourth-order valence-electron chi connectivity index (χ4n) is 4.77. The van der Waals surface area contributed by atoms with Crippen molar-refractivity contribution in [2.75, 3.05) is 23.0 Å². The standard InChI is InChI=1S/C31H28N2O3/c1-22-20-32(31(35)21-36-28-14-7-4-8-15-28)30-19-27(16-17-29(30)33(22)23(2)34)26-13-9-12-25(18-26)24-10-5-3-6-11-24/h3-19,22H,20-21H2,1-2H3. The van der Waals surface area contributed by atoms with E-state index < -0.39 is 0 Å². The Balaban J connectivity index is 1.50. The molecule has 0 aliphatic carbocycles. The molecule has 180 valence electrons. The fourth-order valence-corrected chi connectivity index (χ4v) is 4.77. The quantitative estimate of drug-likeness (QED) is 0.345. The largest absolute Gasteiger partial charge is 0.484 e. The molecule has 1 atom stereocenters. The first kappa shape index (κ1) is 23.4. The molecule has 0 saturated heterocycles. The normalized spacial score (nSPS) is 14.8. The van der Waals surface area contributed by atoms with Crippen molar-refractivity contribution in [3.63, 3.8) is 0 Å². The lowest BCUT2D eigenvalue weighted by Gasteiger charge is -2.41. The van der Waals surface area contributed by atoms with E-state index in [1.807, 2.05) is 79.7 Å². The van der Waals surface area contributed by atoms with Crippen molar-refractivity contribution in [2.45, 2.75) is 19.9 Å². The van der Waals surface area contributed by atoms with E-state index in [4.69, 9.17) is 4.74 Å². The predicted octanol–water partition coefficient (Wildman–Crippen LogP) is 6.19. The van der Waals surface area contributed by atoms with Crippen LogP contribution in [0.2, 0.25) is 0 Å². The van der Waals surface area contributed by atoms with Gasteiger partial charge in [-0.05, 0) is 59.5 Å². The Morgan fingerprint density at radius 2 is 1.36 bits per heavy atom. The highest BCUT2D eigenvalue weighted by Crippen LogP contribution is 2.39. The average molecular weight is 477 g/mol. The first-order valence-electron chi connectivity index (χ1n) is 12.1. The van der Waals surface area contributed by atoms with E-state index in [2.05, 4.69) is 30.3 Å². The monoisotopic (exact) mass is 476 g/mol. The Labute approximate surface area is 211 Å². The lowest BCUT2D eigenvalue weighted by Crippen LogP contribution is -2.52. The van der Waals surface area contributed by atoms with Crippen LogP contribution in [0, 0.1) is 0 Å². The summed E-state index contributed by atoms with van der Waals surface area (Å²) in [7, 11) is 0. The van der Waals surface area contributed by atoms with Crippen LogP contribution in [0.15, 0.2) is 103 Å². The number of hydrogen-bond donors (Lipinski definition) is 0. The van der Waals surface area contributed by atoms with Gasteiger partial charge in [-0.1, -0.05) is 72.8 Å². The molecule has 5 nitrogen and oxygen atoms in total. The molecule has 0 bridgehead atoms. The van der Waals surface area contributed by atoms with Crippen LogP contribution in [0.4, 0.5) is 11.4 Å². The summed E-state index contributed by atoms with van der Waals surface area (Å²) in [6.07, 6.45) is 0. The summed E-state index contributed by atoms with van der Waals surface area (Å²) in [5.74, 6) is 0.452. The van der Waals surface area contributed by atoms with E-state index >= 15 is 0 Å². The Hall–Kier alpha value is -4.38. The molecule has 1 heterocycles. The molecule has 36 heavy (non-hydrogen) atoms. The van der Waals surface area contributed by atoms with E-state index in [0.29, 0.717) is 18.0 Å². The number of carbonyl (C=O) groups is 2. The zero-order valence-electron chi connectivity index (χ0n) is 20.4. The minimum Gasteiger partial charge on any atom is -0.484 e. The van der Waals surface area contributed by atoms with Crippen molar-refractivity contribution in [1.29, 1.82) is 0 Å². The number of para-hydroxylation sites is 1. The van der Waals surface area contributed by atoms with Gasteiger partial charge >= 0.3 is 0 Å². The molecule has 1 aliphatic heterocycles. The van der Waals surface area contributed by atoms with Gasteiger partial charge in [0.2, 0.25) is 5.91 Å².